The molecule has 2 aromatic heterocycles. The summed E-state index contributed by atoms with van der Waals surface area (Å²) in [5.41, 5.74) is 1.54. The van der Waals surface area contributed by atoms with Gasteiger partial charge in [-0.1, -0.05) is 17.3 Å². The minimum Gasteiger partial charge on any atom is -0.441 e. The van der Waals surface area contributed by atoms with Crippen LogP contribution in [0, 0.1) is 6.92 Å². The Morgan fingerprint density at radius 1 is 1.27 bits per heavy atom. The van der Waals surface area contributed by atoms with Gasteiger partial charge < -0.3 is 18.6 Å². The lowest BCUT2D eigenvalue weighted by Crippen LogP contribution is -2.46. The summed E-state index contributed by atoms with van der Waals surface area (Å²) in [6.45, 7) is 4.62. The van der Waals surface area contributed by atoms with Gasteiger partial charge >= 0.3 is 0 Å². The average Bonchev–Trinajstić information content (AvgIpc) is 3.24. The monoisotopic (exact) mass is 356 g/mol. The summed E-state index contributed by atoms with van der Waals surface area (Å²) in [5, 5.41) is 3.79. The van der Waals surface area contributed by atoms with Crippen LogP contribution in [0.25, 0.3) is 11.1 Å². The summed E-state index contributed by atoms with van der Waals surface area (Å²) in [7, 11) is 0. The van der Waals surface area contributed by atoms with Crippen LogP contribution in [0.15, 0.2) is 33.2 Å². The van der Waals surface area contributed by atoms with Crippen LogP contribution in [-0.4, -0.2) is 45.1 Å². The summed E-state index contributed by atoms with van der Waals surface area (Å²) < 4.78 is 16.7. The summed E-state index contributed by atoms with van der Waals surface area (Å²) in [5.74, 6) is 1.56. The predicted octanol–water partition coefficient (Wildman–Crippen LogP) is 2.44. The Kier molecular flexibility index (Phi) is 4.42. The molecule has 1 amide bonds. The smallest absolute Gasteiger partial charge is 0.257 e. The van der Waals surface area contributed by atoms with Crippen molar-refractivity contribution < 1.29 is 18.5 Å². The van der Waals surface area contributed by atoms with Gasteiger partial charge in [0.25, 0.3) is 5.89 Å². The van der Waals surface area contributed by atoms with E-state index in [1.807, 2.05) is 31.2 Å². The molecule has 0 unspecified atom stereocenters. The predicted molar refractivity (Wildman–Crippen MR) is 91.2 cm³/mol. The fourth-order valence-electron chi connectivity index (χ4n) is 3.13. The number of rotatable bonds is 4. The zero-order valence-corrected chi connectivity index (χ0v) is 14.7. The number of aryl methyl sites for hydroxylation is 2. The largest absolute Gasteiger partial charge is 0.441 e. The van der Waals surface area contributed by atoms with Crippen LogP contribution in [0.4, 0.5) is 0 Å². The zero-order chi connectivity index (χ0) is 18.1. The highest BCUT2D eigenvalue weighted by Crippen LogP contribution is 2.25. The maximum absolute atomic E-state index is 12.6. The number of aromatic nitrogens is 3. The van der Waals surface area contributed by atoms with E-state index < -0.39 is 6.10 Å². The number of nitrogens with zero attached hydrogens (tertiary/aromatic N) is 4. The number of hydrogen-bond acceptors (Lipinski definition) is 7. The molecule has 26 heavy (non-hydrogen) atoms. The molecule has 0 N–H and O–H groups in total. The van der Waals surface area contributed by atoms with Crippen LogP contribution < -0.4 is 0 Å². The van der Waals surface area contributed by atoms with Gasteiger partial charge in [0.05, 0.1) is 12.6 Å². The molecule has 1 aliphatic heterocycles. The number of benzene rings is 1. The molecule has 2 atom stereocenters. The maximum Gasteiger partial charge on any atom is 0.257 e. The van der Waals surface area contributed by atoms with Crippen LogP contribution in [0.5, 0.6) is 0 Å². The SMILES string of the molecule is Cc1noc([C@H]2CN(C(=O)CCc3nc4ccccc4o3)C[C@@H](C)O2)n1. The summed E-state index contributed by atoms with van der Waals surface area (Å²) in [4.78, 5) is 23.1. The number of amides is 1. The Morgan fingerprint density at radius 3 is 2.88 bits per heavy atom. The Bertz CT molecular complexity index is 886. The second-order valence-corrected chi connectivity index (χ2v) is 6.49. The number of fused-ring (bicyclic) bond motifs is 1. The van der Waals surface area contributed by atoms with Crippen LogP contribution >= 0.6 is 0 Å². The Balaban J connectivity index is 1.40. The van der Waals surface area contributed by atoms with Crippen molar-refractivity contribution in [2.45, 2.75) is 38.9 Å². The number of hydrogen-bond donors (Lipinski definition) is 0. The third-order valence-corrected chi connectivity index (χ3v) is 4.32. The van der Waals surface area contributed by atoms with Gasteiger partial charge in [-0.3, -0.25) is 4.79 Å². The topological polar surface area (TPSA) is 94.5 Å². The first-order chi connectivity index (χ1) is 12.6. The molecule has 1 aliphatic rings. The first-order valence-corrected chi connectivity index (χ1v) is 8.66. The van der Waals surface area contributed by atoms with Gasteiger partial charge in [-0.25, -0.2) is 4.98 Å². The lowest BCUT2D eigenvalue weighted by molar-refractivity contribution is -0.146. The van der Waals surface area contributed by atoms with Crippen LogP contribution in [-0.2, 0) is 16.0 Å². The molecule has 3 heterocycles. The minimum atomic E-state index is -0.395. The molecule has 3 aromatic rings. The van der Waals surface area contributed by atoms with Crippen molar-refractivity contribution in [1.29, 1.82) is 0 Å². The molecule has 0 aliphatic carbocycles. The van der Waals surface area contributed by atoms with Crippen molar-refractivity contribution in [3.05, 3.63) is 41.9 Å². The van der Waals surface area contributed by atoms with E-state index >= 15 is 0 Å². The van der Waals surface area contributed by atoms with E-state index in [2.05, 4.69) is 15.1 Å². The molecular formula is C18H20N4O4. The van der Waals surface area contributed by atoms with Crippen LogP contribution in [0.1, 0.15) is 37.1 Å². The molecule has 8 heteroatoms. The first-order valence-electron chi connectivity index (χ1n) is 8.66. The molecule has 8 nitrogen and oxygen atoms in total. The van der Waals surface area contributed by atoms with E-state index in [9.17, 15) is 4.79 Å². The Hall–Kier alpha value is -2.74. The van der Waals surface area contributed by atoms with Gasteiger partial charge in [0, 0.05) is 19.4 Å². The van der Waals surface area contributed by atoms with E-state index in [-0.39, 0.29) is 12.0 Å². The van der Waals surface area contributed by atoms with Gasteiger partial charge in [-0.15, -0.1) is 0 Å². The second-order valence-electron chi connectivity index (χ2n) is 6.49. The van der Waals surface area contributed by atoms with Crippen molar-refractivity contribution in [3.8, 4) is 0 Å². The third-order valence-electron chi connectivity index (χ3n) is 4.32. The molecule has 0 radical (unpaired) electrons. The van der Waals surface area contributed by atoms with E-state index in [0.29, 0.717) is 43.5 Å². The molecule has 1 fully saturated rings. The number of para-hydroxylation sites is 2. The van der Waals surface area contributed by atoms with Crippen LogP contribution in [0.2, 0.25) is 0 Å². The molecule has 136 valence electrons. The lowest BCUT2D eigenvalue weighted by atomic mass is 10.2. The molecule has 4 rings (SSSR count). The third kappa shape index (κ3) is 3.45. The fourth-order valence-corrected chi connectivity index (χ4v) is 3.13. The number of ether oxygens (including phenoxy) is 1. The minimum absolute atomic E-state index is 0.0312. The van der Waals surface area contributed by atoms with E-state index in [1.54, 1.807) is 11.8 Å². The highest BCUT2D eigenvalue weighted by atomic mass is 16.5. The number of morpholine rings is 1. The number of carbonyl (C=O) groups is 1. The van der Waals surface area contributed by atoms with Crippen molar-refractivity contribution in [2.75, 3.05) is 13.1 Å². The summed E-state index contributed by atoms with van der Waals surface area (Å²) in [6.07, 6.45) is 0.293. The molecular weight excluding hydrogens is 336 g/mol. The number of carbonyl (C=O) groups excluding carboxylic acids is 1. The zero-order valence-electron chi connectivity index (χ0n) is 14.7. The standard InChI is InChI=1S/C18H20N4O4/c1-11-9-22(10-15(24-11)18-19-12(2)21-26-18)17(23)8-7-16-20-13-5-3-4-6-14(13)25-16/h3-6,11,15H,7-10H2,1-2H3/t11-,15-/m1/s1. The van der Waals surface area contributed by atoms with E-state index in [0.717, 1.165) is 11.1 Å². The molecule has 1 aromatic carbocycles. The summed E-state index contributed by atoms with van der Waals surface area (Å²) >= 11 is 0. The van der Waals surface area contributed by atoms with Gasteiger partial charge in [0.1, 0.15) is 5.52 Å². The average molecular weight is 356 g/mol. The van der Waals surface area contributed by atoms with E-state index in [1.165, 1.54) is 0 Å². The molecule has 0 spiro atoms. The van der Waals surface area contributed by atoms with Crippen molar-refractivity contribution >= 4 is 17.0 Å². The second kappa shape index (κ2) is 6.87. The first kappa shape index (κ1) is 16.7. The maximum atomic E-state index is 12.6. The van der Waals surface area contributed by atoms with Gasteiger partial charge in [-0.05, 0) is 26.0 Å². The normalized spacial score (nSPS) is 20.6. The lowest BCUT2D eigenvalue weighted by Gasteiger charge is -2.35. The quantitative estimate of drug-likeness (QED) is 0.708. The van der Waals surface area contributed by atoms with Crippen molar-refractivity contribution in [3.63, 3.8) is 0 Å². The highest BCUT2D eigenvalue weighted by Gasteiger charge is 2.32. The van der Waals surface area contributed by atoms with Gasteiger partial charge in [-0.2, -0.15) is 4.98 Å². The molecule has 0 bridgehead atoms. The van der Waals surface area contributed by atoms with Gasteiger partial charge in [0.2, 0.25) is 5.91 Å². The van der Waals surface area contributed by atoms with Gasteiger partial charge in [0.15, 0.2) is 23.4 Å². The van der Waals surface area contributed by atoms with Crippen molar-refractivity contribution in [2.24, 2.45) is 0 Å². The Morgan fingerprint density at radius 2 is 2.12 bits per heavy atom. The van der Waals surface area contributed by atoms with Crippen molar-refractivity contribution in [1.82, 2.24) is 20.0 Å². The van der Waals surface area contributed by atoms with Crippen LogP contribution in [0.3, 0.4) is 0 Å². The molecule has 1 saturated heterocycles. The Labute approximate surface area is 150 Å². The fraction of sp³-hybridized carbons (Fsp3) is 0.444. The summed E-state index contributed by atoms with van der Waals surface area (Å²) in [6, 6.07) is 7.57. The highest BCUT2D eigenvalue weighted by molar-refractivity contribution is 5.77. The molecule has 0 saturated carbocycles. The number of oxazole rings is 1. The van der Waals surface area contributed by atoms with E-state index in [4.69, 9.17) is 13.7 Å².